The van der Waals surface area contributed by atoms with Gasteiger partial charge in [-0.1, -0.05) is 11.6 Å². The molecular weight excluding hydrogens is 244 g/mol. The molecule has 100 valence electrons. The van der Waals surface area contributed by atoms with Crippen molar-refractivity contribution >= 4 is 17.3 Å². The number of nitrogens with zero attached hydrogens (tertiary/aromatic N) is 1. The maximum atomic E-state index is 5.97. The second-order valence-corrected chi connectivity index (χ2v) is 6.30. The fourth-order valence-corrected chi connectivity index (χ4v) is 2.95. The highest BCUT2D eigenvalue weighted by Gasteiger charge is 2.33. The van der Waals surface area contributed by atoms with Gasteiger partial charge < -0.3 is 10.2 Å². The van der Waals surface area contributed by atoms with Gasteiger partial charge in [-0.3, -0.25) is 0 Å². The molecule has 1 aliphatic rings. The van der Waals surface area contributed by atoms with Gasteiger partial charge in [0.05, 0.1) is 0 Å². The van der Waals surface area contributed by atoms with Gasteiger partial charge >= 0.3 is 0 Å². The molecule has 1 saturated heterocycles. The van der Waals surface area contributed by atoms with E-state index in [-0.39, 0.29) is 5.54 Å². The van der Waals surface area contributed by atoms with Crippen molar-refractivity contribution in [3.8, 4) is 0 Å². The zero-order valence-corrected chi connectivity index (χ0v) is 12.3. The van der Waals surface area contributed by atoms with Crippen LogP contribution < -0.4 is 10.2 Å². The number of piperidine rings is 1. The first-order valence-electron chi connectivity index (χ1n) is 6.71. The van der Waals surface area contributed by atoms with E-state index in [1.54, 1.807) is 0 Å². The highest BCUT2D eigenvalue weighted by molar-refractivity contribution is 6.30. The number of anilines is 1. The summed E-state index contributed by atoms with van der Waals surface area (Å²) in [5.74, 6) is 0.735. The SMILES string of the molecule is CNCC1CCC(C)(C)N(c2ccc(Cl)cc2)C1. The maximum absolute atomic E-state index is 5.97. The minimum Gasteiger partial charge on any atom is -0.366 e. The minimum atomic E-state index is 0.234. The third kappa shape index (κ3) is 2.99. The van der Waals surface area contributed by atoms with Gasteiger partial charge in [0.25, 0.3) is 0 Å². The summed E-state index contributed by atoms with van der Waals surface area (Å²) in [6.45, 7) is 6.88. The fourth-order valence-electron chi connectivity index (χ4n) is 2.82. The molecule has 1 aromatic rings. The molecule has 18 heavy (non-hydrogen) atoms. The van der Waals surface area contributed by atoms with Gasteiger partial charge in [-0.25, -0.2) is 0 Å². The second-order valence-electron chi connectivity index (χ2n) is 5.86. The molecule has 1 heterocycles. The number of benzene rings is 1. The molecule has 0 bridgehead atoms. The summed E-state index contributed by atoms with van der Waals surface area (Å²) in [5, 5.41) is 4.10. The lowest BCUT2D eigenvalue weighted by atomic mass is 9.84. The van der Waals surface area contributed by atoms with Crippen LogP contribution in [0.2, 0.25) is 5.02 Å². The molecule has 0 spiro atoms. The third-order valence-electron chi connectivity index (χ3n) is 3.97. The largest absolute Gasteiger partial charge is 0.366 e. The standard InChI is InChI=1S/C15H23ClN2/c1-15(2)9-8-12(10-17-3)11-18(15)14-6-4-13(16)5-7-14/h4-7,12,17H,8-11H2,1-3H3. The van der Waals surface area contributed by atoms with Crippen molar-refractivity contribution in [3.63, 3.8) is 0 Å². The molecule has 2 rings (SSSR count). The van der Waals surface area contributed by atoms with Gasteiger partial charge in [0, 0.05) is 22.8 Å². The smallest absolute Gasteiger partial charge is 0.0407 e. The fraction of sp³-hybridized carbons (Fsp3) is 0.600. The van der Waals surface area contributed by atoms with E-state index < -0.39 is 0 Å². The van der Waals surface area contributed by atoms with Crippen LogP contribution in [-0.4, -0.2) is 25.7 Å². The average Bonchev–Trinajstić information content (AvgIpc) is 2.33. The zero-order valence-electron chi connectivity index (χ0n) is 11.5. The second kappa shape index (κ2) is 5.50. The molecule has 3 heteroatoms. The number of nitrogens with one attached hydrogen (secondary N) is 1. The van der Waals surface area contributed by atoms with Crippen molar-refractivity contribution in [1.29, 1.82) is 0 Å². The van der Waals surface area contributed by atoms with E-state index in [1.807, 2.05) is 19.2 Å². The number of halogens is 1. The summed E-state index contributed by atoms with van der Waals surface area (Å²) in [4.78, 5) is 2.52. The summed E-state index contributed by atoms with van der Waals surface area (Å²) in [7, 11) is 2.03. The Hall–Kier alpha value is -0.730. The molecule has 1 fully saturated rings. The van der Waals surface area contributed by atoms with Crippen molar-refractivity contribution < 1.29 is 0 Å². The molecule has 0 amide bonds. The number of hydrogen-bond donors (Lipinski definition) is 1. The van der Waals surface area contributed by atoms with Gasteiger partial charge in [-0.15, -0.1) is 0 Å². The van der Waals surface area contributed by atoms with Crippen LogP contribution in [0, 0.1) is 5.92 Å². The van der Waals surface area contributed by atoms with Crippen LogP contribution in [-0.2, 0) is 0 Å². The molecule has 1 aromatic carbocycles. The first-order chi connectivity index (χ1) is 8.53. The van der Waals surface area contributed by atoms with Gasteiger partial charge in [-0.05, 0) is 70.5 Å². The Balaban J connectivity index is 2.18. The highest BCUT2D eigenvalue weighted by Crippen LogP contribution is 2.35. The number of hydrogen-bond acceptors (Lipinski definition) is 2. The Morgan fingerprint density at radius 3 is 2.61 bits per heavy atom. The third-order valence-corrected chi connectivity index (χ3v) is 4.22. The normalized spacial score (nSPS) is 23.1. The van der Waals surface area contributed by atoms with Gasteiger partial charge in [0.2, 0.25) is 0 Å². The van der Waals surface area contributed by atoms with Crippen LogP contribution in [0.4, 0.5) is 5.69 Å². The van der Waals surface area contributed by atoms with Crippen LogP contribution in [0.5, 0.6) is 0 Å². The van der Waals surface area contributed by atoms with Crippen LogP contribution >= 0.6 is 11.6 Å². The van der Waals surface area contributed by atoms with Crippen molar-refractivity contribution in [2.45, 2.75) is 32.2 Å². The van der Waals surface area contributed by atoms with E-state index in [1.165, 1.54) is 18.5 Å². The Morgan fingerprint density at radius 1 is 1.33 bits per heavy atom. The zero-order chi connectivity index (χ0) is 13.2. The quantitative estimate of drug-likeness (QED) is 0.900. The van der Waals surface area contributed by atoms with Gasteiger partial charge in [0.15, 0.2) is 0 Å². The first-order valence-corrected chi connectivity index (χ1v) is 7.08. The predicted molar refractivity (Wildman–Crippen MR) is 79.5 cm³/mol. The number of rotatable bonds is 3. The lowest BCUT2D eigenvalue weighted by Gasteiger charge is -2.47. The Labute approximate surface area is 115 Å². The summed E-state index contributed by atoms with van der Waals surface area (Å²) in [6.07, 6.45) is 2.54. The van der Waals surface area contributed by atoms with E-state index in [0.29, 0.717) is 0 Å². The monoisotopic (exact) mass is 266 g/mol. The van der Waals surface area contributed by atoms with E-state index in [0.717, 1.165) is 24.0 Å². The molecule has 0 radical (unpaired) electrons. The van der Waals surface area contributed by atoms with Gasteiger partial charge in [-0.2, -0.15) is 0 Å². The summed E-state index contributed by atoms with van der Waals surface area (Å²) < 4.78 is 0. The van der Waals surface area contributed by atoms with E-state index in [4.69, 9.17) is 11.6 Å². The highest BCUT2D eigenvalue weighted by atomic mass is 35.5. The molecule has 2 nitrogen and oxygen atoms in total. The van der Waals surface area contributed by atoms with Crippen molar-refractivity contribution in [1.82, 2.24) is 5.32 Å². The van der Waals surface area contributed by atoms with Crippen LogP contribution in [0.1, 0.15) is 26.7 Å². The lowest BCUT2D eigenvalue weighted by Crippen LogP contribution is -2.52. The van der Waals surface area contributed by atoms with Crippen LogP contribution in [0.15, 0.2) is 24.3 Å². The first kappa shape index (κ1) is 13.7. The molecule has 0 aliphatic carbocycles. The topological polar surface area (TPSA) is 15.3 Å². The van der Waals surface area contributed by atoms with Crippen molar-refractivity contribution in [3.05, 3.63) is 29.3 Å². The van der Waals surface area contributed by atoms with Crippen LogP contribution in [0.3, 0.4) is 0 Å². The van der Waals surface area contributed by atoms with Crippen molar-refractivity contribution in [2.24, 2.45) is 5.92 Å². The molecule has 0 saturated carbocycles. The van der Waals surface area contributed by atoms with E-state index in [2.05, 4.69) is 36.2 Å². The molecule has 1 unspecified atom stereocenters. The average molecular weight is 267 g/mol. The Kier molecular flexibility index (Phi) is 4.18. The van der Waals surface area contributed by atoms with E-state index in [9.17, 15) is 0 Å². The molecule has 1 N–H and O–H groups in total. The van der Waals surface area contributed by atoms with Crippen LogP contribution in [0.25, 0.3) is 0 Å². The Bertz CT molecular complexity index is 386. The summed E-state index contributed by atoms with van der Waals surface area (Å²) in [6, 6.07) is 8.22. The predicted octanol–water partition coefficient (Wildman–Crippen LogP) is 3.55. The maximum Gasteiger partial charge on any atom is 0.0407 e. The Morgan fingerprint density at radius 2 is 2.00 bits per heavy atom. The lowest BCUT2D eigenvalue weighted by molar-refractivity contribution is 0.287. The minimum absolute atomic E-state index is 0.234. The summed E-state index contributed by atoms with van der Waals surface area (Å²) >= 11 is 5.97. The summed E-state index contributed by atoms with van der Waals surface area (Å²) in [5.41, 5.74) is 1.52. The van der Waals surface area contributed by atoms with Crippen molar-refractivity contribution in [2.75, 3.05) is 25.0 Å². The van der Waals surface area contributed by atoms with E-state index >= 15 is 0 Å². The molecule has 1 aliphatic heterocycles. The molecular formula is C15H23ClN2. The van der Waals surface area contributed by atoms with Gasteiger partial charge in [0.1, 0.15) is 0 Å². The molecule has 1 atom stereocenters. The molecule has 0 aromatic heterocycles.